The van der Waals surface area contributed by atoms with Crippen molar-refractivity contribution >= 4 is 11.7 Å². The van der Waals surface area contributed by atoms with E-state index in [4.69, 9.17) is 4.74 Å². The molecule has 0 heterocycles. The van der Waals surface area contributed by atoms with E-state index in [1.54, 1.807) is 12.1 Å². The van der Waals surface area contributed by atoms with E-state index in [2.05, 4.69) is 31.0 Å². The molecule has 118 valence electrons. The highest BCUT2D eigenvalue weighted by Crippen LogP contribution is 2.22. The molecular weight excluding hydrogens is 268 g/mol. The molecule has 2 N–H and O–H groups in total. The molecular formula is C16H26N2O3. The lowest BCUT2D eigenvalue weighted by Gasteiger charge is -2.17. The topological polar surface area (TPSA) is 61.8 Å². The number of ether oxygens (including phenoxy) is 1. The van der Waals surface area contributed by atoms with Crippen molar-refractivity contribution in [2.24, 2.45) is 0 Å². The largest absolute Gasteiger partial charge is 0.507 e. The molecule has 0 atom stereocenters. The average molecular weight is 294 g/mol. The van der Waals surface area contributed by atoms with E-state index in [9.17, 15) is 9.90 Å². The van der Waals surface area contributed by atoms with Crippen LogP contribution in [0.5, 0.6) is 5.75 Å². The van der Waals surface area contributed by atoms with Gasteiger partial charge in [0.2, 0.25) is 0 Å². The Morgan fingerprint density at radius 2 is 2.00 bits per heavy atom. The number of aromatic hydroxyl groups is 1. The Bertz CT molecular complexity index is 445. The lowest BCUT2D eigenvalue weighted by atomic mass is 10.1. The average Bonchev–Trinajstić information content (AvgIpc) is 2.50. The van der Waals surface area contributed by atoms with Gasteiger partial charge in [-0.3, -0.25) is 0 Å². The minimum atomic E-state index is -0.486. The van der Waals surface area contributed by atoms with Gasteiger partial charge in [0.1, 0.15) is 17.9 Å². The lowest BCUT2D eigenvalue weighted by molar-refractivity contribution is 0.0463. The number of carbonyl (C=O) groups excluding carboxylic acids is 1. The van der Waals surface area contributed by atoms with Crippen LogP contribution in [0.25, 0.3) is 0 Å². The number of phenolic OH excluding ortho intramolecular Hbond substituents is 1. The van der Waals surface area contributed by atoms with Gasteiger partial charge in [-0.1, -0.05) is 20.8 Å². The third kappa shape index (κ3) is 5.63. The van der Waals surface area contributed by atoms with Crippen LogP contribution in [0.1, 0.15) is 37.6 Å². The Kier molecular flexibility index (Phi) is 7.61. The van der Waals surface area contributed by atoms with Gasteiger partial charge < -0.3 is 20.1 Å². The molecule has 21 heavy (non-hydrogen) atoms. The molecule has 0 saturated heterocycles. The van der Waals surface area contributed by atoms with Crippen LogP contribution < -0.4 is 5.32 Å². The van der Waals surface area contributed by atoms with E-state index in [1.807, 2.05) is 0 Å². The van der Waals surface area contributed by atoms with Crippen molar-refractivity contribution in [2.45, 2.75) is 27.2 Å². The van der Waals surface area contributed by atoms with E-state index in [-0.39, 0.29) is 11.3 Å². The summed E-state index contributed by atoms with van der Waals surface area (Å²) in [5.41, 5.74) is 1.01. The van der Waals surface area contributed by atoms with Gasteiger partial charge in [-0.15, -0.1) is 0 Å². The maximum atomic E-state index is 12.0. The molecule has 5 heteroatoms. The molecule has 0 aromatic heterocycles. The Hall–Kier alpha value is -1.75. The summed E-state index contributed by atoms with van der Waals surface area (Å²) in [7, 11) is 0. The molecule has 0 bridgehead atoms. The lowest BCUT2D eigenvalue weighted by Crippen LogP contribution is -2.27. The van der Waals surface area contributed by atoms with Gasteiger partial charge in [0.05, 0.1) is 0 Å². The summed E-state index contributed by atoms with van der Waals surface area (Å²) in [6.07, 6.45) is 0.991. The predicted molar refractivity (Wildman–Crippen MR) is 85.0 cm³/mol. The Morgan fingerprint density at radius 3 is 2.62 bits per heavy atom. The first kappa shape index (κ1) is 17.3. The summed E-state index contributed by atoms with van der Waals surface area (Å²) in [5.74, 6) is -0.537. The van der Waals surface area contributed by atoms with Gasteiger partial charge in [0, 0.05) is 18.8 Å². The molecule has 0 spiro atoms. The molecule has 0 aliphatic rings. The molecule has 1 aromatic carbocycles. The number of anilines is 1. The number of carbonyl (C=O) groups is 1. The second-order valence-electron chi connectivity index (χ2n) is 4.82. The van der Waals surface area contributed by atoms with Crippen molar-refractivity contribution in [3.05, 3.63) is 23.8 Å². The summed E-state index contributed by atoms with van der Waals surface area (Å²) < 4.78 is 5.23. The molecule has 0 fully saturated rings. The van der Waals surface area contributed by atoms with Crippen molar-refractivity contribution in [1.82, 2.24) is 4.90 Å². The fourth-order valence-corrected chi connectivity index (χ4v) is 1.96. The minimum absolute atomic E-state index is 0.0510. The zero-order valence-corrected chi connectivity index (χ0v) is 13.2. The fourth-order valence-electron chi connectivity index (χ4n) is 1.96. The Balaban J connectivity index is 2.60. The number of benzene rings is 1. The van der Waals surface area contributed by atoms with Crippen LogP contribution in [0.4, 0.5) is 5.69 Å². The molecule has 5 nitrogen and oxygen atoms in total. The third-order valence-electron chi connectivity index (χ3n) is 3.33. The van der Waals surface area contributed by atoms with Crippen molar-refractivity contribution < 1.29 is 14.6 Å². The van der Waals surface area contributed by atoms with Crippen molar-refractivity contribution in [2.75, 3.05) is 38.1 Å². The number of hydrogen-bond acceptors (Lipinski definition) is 5. The smallest absolute Gasteiger partial charge is 0.342 e. The minimum Gasteiger partial charge on any atom is -0.507 e. The number of nitrogens with zero attached hydrogens (tertiary/aromatic N) is 1. The molecule has 0 aliphatic carbocycles. The number of rotatable bonds is 9. The molecule has 0 saturated carbocycles. The third-order valence-corrected chi connectivity index (χ3v) is 3.33. The highest BCUT2D eigenvalue weighted by Gasteiger charge is 2.14. The van der Waals surface area contributed by atoms with Crippen LogP contribution in [0.2, 0.25) is 0 Å². The molecule has 0 unspecified atom stereocenters. The summed E-state index contributed by atoms with van der Waals surface area (Å²) in [4.78, 5) is 14.2. The summed E-state index contributed by atoms with van der Waals surface area (Å²) in [6.45, 7) is 9.91. The predicted octanol–water partition coefficient (Wildman–Crippen LogP) is 2.71. The van der Waals surface area contributed by atoms with Crippen LogP contribution >= 0.6 is 0 Å². The second-order valence-corrected chi connectivity index (χ2v) is 4.82. The van der Waals surface area contributed by atoms with Crippen molar-refractivity contribution in [3.8, 4) is 5.75 Å². The molecule has 1 aromatic rings. The molecule has 0 amide bonds. The molecule has 0 radical (unpaired) electrons. The van der Waals surface area contributed by atoms with E-state index in [1.165, 1.54) is 6.07 Å². The summed E-state index contributed by atoms with van der Waals surface area (Å²) >= 11 is 0. The first-order valence-corrected chi connectivity index (χ1v) is 7.58. The zero-order chi connectivity index (χ0) is 15.7. The van der Waals surface area contributed by atoms with Gasteiger partial charge >= 0.3 is 5.97 Å². The van der Waals surface area contributed by atoms with E-state index >= 15 is 0 Å². The normalized spacial score (nSPS) is 10.7. The van der Waals surface area contributed by atoms with Crippen LogP contribution in [0.3, 0.4) is 0 Å². The fraction of sp³-hybridized carbons (Fsp3) is 0.562. The number of nitrogens with one attached hydrogen (secondary N) is 1. The Morgan fingerprint density at radius 1 is 1.29 bits per heavy atom. The van der Waals surface area contributed by atoms with Gasteiger partial charge in [-0.05, 0) is 37.7 Å². The second kappa shape index (κ2) is 9.23. The van der Waals surface area contributed by atoms with Crippen LogP contribution in [0, 0.1) is 0 Å². The van der Waals surface area contributed by atoms with Gasteiger partial charge in [-0.2, -0.15) is 0 Å². The summed E-state index contributed by atoms with van der Waals surface area (Å²) in [5, 5.41) is 13.0. The summed E-state index contributed by atoms with van der Waals surface area (Å²) in [6, 6.07) is 4.89. The van der Waals surface area contributed by atoms with Crippen LogP contribution in [0.15, 0.2) is 18.2 Å². The SMILES string of the molecule is CCCNc1ccc(O)c(C(=O)OCCN(CC)CC)c1. The number of esters is 1. The quantitative estimate of drug-likeness (QED) is 0.541. The number of likely N-dealkylation sites (N-methyl/N-ethyl adjacent to an activating group) is 1. The Labute approximate surface area is 126 Å². The number of phenols is 1. The maximum Gasteiger partial charge on any atom is 0.342 e. The monoisotopic (exact) mass is 294 g/mol. The van der Waals surface area contributed by atoms with Gasteiger partial charge in [-0.25, -0.2) is 4.79 Å². The van der Waals surface area contributed by atoms with E-state index < -0.39 is 5.97 Å². The van der Waals surface area contributed by atoms with Crippen LogP contribution in [-0.4, -0.2) is 48.8 Å². The zero-order valence-electron chi connectivity index (χ0n) is 13.2. The maximum absolute atomic E-state index is 12.0. The van der Waals surface area contributed by atoms with Gasteiger partial charge in [0.15, 0.2) is 0 Å². The first-order chi connectivity index (χ1) is 10.1. The van der Waals surface area contributed by atoms with Crippen molar-refractivity contribution in [1.29, 1.82) is 0 Å². The van der Waals surface area contributed by atoms with Gasteiger partial charge in [0.25, 0.3) is 0 Å². The standard InChI is InChI=1S/C16H26N2O3/c1-4-9-17-13-7-8-15(19)14(12-13)16(20)21-11-10-18(5-2)6-3/h7-8,12,17,19H,4-6,9-11H2,1-3H3. The number of hydrogen-bond donors (Lipinski definition) is 2. The highest BCUT2D eigenvalue weighted by atomic mass is 16.5. The van der Waals surface area contributed by atoms with Crippen LogP contribution in [-0.2, 0) is 4.74 Å². The van der Waals surface area contributed by atoms with E-state index in [0.29, 0.717) is 13.2 Å². The molecule has 0 aliphatic heterocycles. The van der Waals surface area contributed by atoms with Crippen molar-refractivity contribution in [3.63, 3.8) is 0 Å². The van der Waals surface area contributed by atoms with E-state index in [0.717, 1.165) is 31.7 Å². The first-order valence-electron chi connectivity index (χ1n) is 7.58. The molecule has 1 rings (SSSR count). The highest BCUT2D eigenvalue weighted by molar-refractivity contribution is 5.93.